The van der Waals surface area contributed by atoms with Gasteiger partial charge in [-0.05, 0) is 19.2 Å². The van der Waals surface area contributed by atoms with Crippen LogP contribution in [0.3, 0.4) is 0 Å². The monoisotopic (exact) mass is 290 g/mol. The van der Waals surface area contributed by atoms with Gasteiger partial charge in [-0.3, -0.25) is 4.79 Å². The number of amides is 2. The van der Waals surface area contributed by atoms with E-state index >= 15 is 0 Å². The van der Waals surface area contributed by atoms with Crippen molar-refractivity contribution in [2.24, 2.45) is 5.73 Å². The number of benzene rings is 1. The molecular weight excluding hydrogens is 272 g/mol. The van der Waals surface area contributed by atoms with Gasteiger partial charge in [-0.15, -0.1) is 0 Å². The van der Waals surface area contributed by atoms with Crippen LogP contribution in [0.5, 0.6) is 5.75 Å². The van der Waals surface area contributed by atoms with E-state index in [2.05, 4.69) is 9.80 Å². The van der Waals surface area contributed by atoms with E-state index in [4.69, 9.17) is 10.5 Å². The number of nitrogens with zero attached hydrogens (tertiary/aromatic N) is 3. The maximum Gasteiger partial charge on any atom is 0.409 e. The number of carbonyl (C=O) groups excluding carboxylic acids is 2. The number of ether oxygens (including phenoxy) is 1. The zero-order valence-corrected chi connectivity index (χ0v) is 12.1. The summed E-state index contributed by atoms with van der Waals surface area (Å²) in [5.41, 5.74) is 6.74. The normalized spacial score (nSPS) is 21.8. The molecule has 7 nitrogen and oxygen atoms in total. The van der Waals surface area contributed by atoms with E-state index in [1.807, 2.05) is 13.1 Å². The van der Waals surface area contributed by atoms with Crippen LogP contribution in [0.2, 0.25) is 0 Å². The summed E-state index contributed by atoms with van der Waals surface area (Å²) in [5.74, 6) is 0.388. The minimum absolute atomic E-state index is 0.0466. The molecule has 1 atom stereocenters. The first-order valence-corrected chi connectivity index (χ1v) is 6.81. The maximum atomic E-state index is 12.5. The summed E-state index contributed by atoms with van der Waals surface area (Å²) >= 11 is 0. The fourth-order valence-electron chi connectivity index (χ4n) is 2.96. The van der Waals surface area contributed by atoms with Gasteiger partial charge < -0.3 is 25.2 Å². The molecule has 7 heteroatoms. The van der Waals surface area contributed by atoms with Crippen LogP contribution in [-0.2, 0) is 4.79 Å². The van der Waals surface area contributed by atoms with Gasteiger partial charge in [0.2, 0.25) is 0 Å². The Bertz CT molecular complexity index is 604. The van der Waals surface area contributed by atoms with E-state index in [1.54, 1.807) is 24.1 Å². The molecule has 2 aliphatic heterocycles. The van der Waals surface area contributed by atoms with Crippen molar-refractivity contribution in [1.82, 2.24) is 4.90 Å². The highest BCUT2D eigenvalue weighted by molar-refractivity contribution is 6.05. The first-order valence-electron chi connectivity index (χ1n) is 6.81. The second kappa shape index (κ2) is 4.92. The summed E-state index contributed by atoms with van der Waals surface area (Å²) in [4.78, 5) is 29.3. The Morgan fingerprint density at radius 2 is 2.05 bits per heavy atom. The molecule has 0 bridgehead atoms. The van der Waals surface area contributed by atoms with E-state index in [0.717, 1.165) is 24.5 Å². The standard InChI is InChI=1S/C14H18N4O3/c1-16-5-6-18-10-4-3-9(21-14(15)20)7-11(10)17(2)13(19)12(18)8-16/h3-4,7,12H,5-6,8H2,1-2H3,(H2,15,20). The lowest BCUT2D eigenvalue weighted by Crippen LogP contribution is -2.61. The number of hydrogen-bond acceptors (Lipinski definition) is 5. The number of piperazine rings is 1. The largest absolute Gasteiger partial charge is 0.410 e. The summed E-state index contributed by atoms with van der Waals surface area (Å²) < 4.78 is 4.89. The number of fused-ring (bicyclic) bond motifs is 3. The van der Waals surface area contributed by atoms with Crippen LogP contribution in [0.4, 0.5) is 16.2 Å². The van der Waals surface area contributed by atoms with Crippen LogP contribution in [0.15, 0.2) is 18.2 Å². The minimum Gasteiger partial charge on any atom is -0.410 e. The fourth-order valence-corrected chi connectivity index (χ4v) is 2.96. The summed E-state index contributed by atoms with van der Waals surface area (Å²) in [6.45, 7) is 2.42. The molecule has 0 radical (unpaired) electrons. The van der Waals surface area contributed by atoms with Crippen molar-refractivity contribution >= 4 is 23.4 Å². The zero-order valence-electron chi connectivity index (χ0n) is 12.1. The molecule has 112 valence electrons. The van der Waals surface area contributed by atoms with Gasteiger partial charge in [0.05, 0.1) is 11.4 Å². The molecule has 2 aliphatic rings. The first-order chi connectivity index (χ1) is 9.97. The van der Waals surface area contributed by atoms with Crippen molar-refractivity contribution in [1.29, 1.82) is 0 Å². The Balaban J connectivity index is 2.00. The van der Waals surface area contributed by atoms with Crippen LogP contribution < -0.4 is 20.3 Å². The summed E-state index contributed by atoms with van der Waals surface area (Å²) in [7, 11) is 3.76. The lowest BCUT2D eigenvalue weighted by Gasteiger charge is -2.46. The number of primary amides is 1. The Morgan fingerprint density at radius 3 is 2.76 bits per heavy atom. The van der Waals surface area contributed by atoms with Gasteiger partial charge in [-0.1, -0.05) is 0 Å². The third-order valence-corrected chi connectivity index (χ3v) is 4.04. The Hall–Kier alpha value is -2.28. The van der Waals surface area contributed by atoms with Gasteiger partial charge in [-0.25, -0.2) is 4.79 Å². The van der Waals surface area contributed by atoms with Gasteiger partial charge in [-0.2, -0.15) is 0 Å². The van der Waals surface area contributed by atoms with Crippen LogP contribution >= 0.6 is 0 Å². The van der Waals surface area contributed by atoms with Gasteiger partial charge in [0, 0.05) is 32.7 Å². The molecule has 21 heavy (non-hydrogen) atoms. The minimum atomic E-state index is -0.864. The first kappa shape index (κ1) is 13.7. The predicted molar refractivity (Wildman–Crippen MR) is 78.7 cm³/mol. The quantitative estimate of drug-likeness (QED) is 0.801. The third-order valence-electron chi connectivity index (χ3n) is 4.04. The lowest BCUT2D eigenvalue weighted by atomic mass is 10.0. The molecule has 0 aliphatic carbocycles. The number of nitrogens with two attached hydrogens (primary N) is 1. The highest BCUT2D eigenvalue weighted by Crippen LogP contribution is 2.38. The summed E-state index contributed by atoms with van der Waals surface area (Å²) in [6, 6.07) is 5.08. The molecule has 1 fully saturated rings. The van der Waals surface area contributed by atoms with Gasteiger partial charge in [0.1, 0.15) is 11.8 Å². The molecule has 1 saturated heterocycles. The van der Waals surface area contributed by atoms with Gasteiger partial charge in [0.25, 0.3) is 5.91 Å². The second-order valence-electron chi connectivity index (χ2n) is 5.44. The average molecular weight is 290 g/mol. The van der Waals surface area contributed by atoms with E-state index in [-0.39, 0.29) is 11.9 Å². The van der Waals surface area contributed by atoms with E-state index < -0.39 is 6.09 Å². The summed E-state index contributed by atoms with van der Waals surface area (Å²) in [6.07, 6.45) is -0.864. The van der Waals surface area contributed by atoms with Crippen LogP contribution in [0, 0.1) is 0 Å². The Morgan fingerprint density at radius 1 is 1.29 bits per heavy atom. The molecule has 0 saturated carbocycles. The van der Waals surface area contributed by atoms with Gasteiger partial charge in [0.15, 0.2) is 0 Å². The van der Waals surface area contributed by atoms with Gasteiger partial charge >= 0.3 is 6.09 Å². The molecule has 2 heterocycles. The van der Waals surface area contributed by atoms with E-state index in [0.29, 0.717) is 12.3 Å². The molecule has 1 unspecified atom stereocenters. The summed E-state index contributed by atoms with van der Waals surface area (Å²) in [5, 5.41) is 0. The van der Waals surface area contributed by atoms with Crippen molar-refractivity contribution in [3.8, 4) is 5.75 Å². The second-order valence-corrected chi connectivity index (χ2v) is 5.44. The zero-order chi connectivity index (χ0) is 15.1. The fraction of sp³-hybridized carbons (Fsp3) is 0.429. The number of rotatable bonds is 1. The Kier molecular flexibility index (Phi) is 3.21. The van der Waals surface area contributed by atoms with Crippen molar-refractivity contribution in [3.63, 3.8) is 0 Å². The van der Waals surface area contributed by atoms with Crippen molar-refractivity contribution in [2.75, 3.05) is 43.5 Å². The molecule has 2 amide bonds. The highest BCUT2D eigenvalue weighted by atomic mass is 16.5. The van der Waals surface area contributed by atoms with E-state index in [1.165, 1.54) is 0 Å². The molecule has 3 rings (SSSR count). The van der Waals surface area contributed by atoms with Crippen LogP contribution in [0.1, 0.15) is 0 Å². The van der Waals surface area contributed by atoms with E-state index in [9.17, 15) is 9.59 Å². The number of anilines is 2. The number of likely N-dealkylation sites (N-methyl/N-ethyl adjacent to an activating group) is 2. The molecular formula is C14H18N4O3. The Labute approximate surface area is 122 Å². The smallest absolute Gasteiger partial charge is 0.409 e. The number of hydrogen-bond donors (Lipinski definition) is 1. The highest BCUT2D eigenvalue weighted by Gasteiger charge is 2.39. The van der Waals surface area contributed by atoms with Crippen molar-refractivity contribution in [2.45, 2.75) is 6.04 Å². The lowest BCUT2D eigenvalue weighted by molar-refractivity contribution is -0.120. The predicted octanol–water partition coefficient (Wildman–Crippen LogP) is 0.241. The molecule has 2 N–H and O–H groups in total. The molecule has 0 spiro atoms. The third kappa shape index (κ3) is 2.29. The maximum absolute atomic E-state index is 12.5. The molecule has 1 aromatic rings. The van der Waals surface area contributed by atoms with Crippen LogP contribution in [0.25, 0.3) is 0 Å². The van der Waals surface area contributed by atoms with Crippen LogP contribution in [-0.4, -0.2) is 56.7 Å². The van der Waals surface area contributed by atoms with Crippen molar-refractivity contribution < 1.29 is 14.3 Å². The van der Waals surface area contributed by atoms with Crippen molar-refractivity contribution in [3.05, 3.63) is 18.2 Å². The molecule has 1 aromatic carbocycles. The topological polar surface area (TPSA) is 79.1 Å². The number of carbonyl (C=O) groups is 2. The average Bonchev–Trinajstić information content (AvgIpc) is 2.44. The molecule has 0 aromatic heterocycles. The SMILES string of the molecule is CN1CCN2c3ccc(OC(N)=O)cc3N(C)C(=O)C2C1.